The lowest BCUT2D eigenvalue weighted by molar-refractivity contribution is 0.192. The highest BCUT2D eigenvalue weighted by molar-refractivity contribution is 5.42. The molecule has 4 heteroatoms. The van der Waals surface area contributed by atoms with Crippen LogP contribution in [0.1, 0.15) is 12.5 Å². The van der Waals surface area contributed by atoms with Gasteiger partial charge in [-0.25, -0.2) is 0 Å². The van der Waals surface area contributed by atoms with Gasteiger partial charge in [0.05, 0.1) is 32.7 Å². The van der Waals surface area contributed by atoms with Crippen molar-refractivity contribution < 1.29 is 14.6 Å². The quantitative estimate of drug-likeness (QED) is 0.783. The summed E-state index contributed by atoms with van der Waals surface area (Å²) in [6.07, 6.45) is 3.29. The Balaban J connectivity index is 3.05. The van der Waals surface area contributed by atoms with Crippen molar-refractivity contribution >= 4 is 0 Å². The van der Waals surface area contributed by atoms with E-state index in [0.29, 0.717) is 17.9 Å². The molecule has 0 fully saturated rings. The molecule has 0 aromatic carbocycles. The molecule has 14 heavy (non-hydrogen) atoms. The maximum Gasteiger partial charge on any atom is 0.144 e. The van der Waals surface area contributed by atoms with Crippen LogP contribution in [0.2, 0.25) is 0 Å². The number of ether oxygens (including phenoxy) is 2. The maximum absolute atomic E-state index is 9.31. The smallest absolute Gasteiger partial charge is 0.144 e. The molecule has 0 bridgehead atoms. The Bertz CT molecular complexity index is 277. The molecule has 0 aliphatic rings. The highest BCUT2D eigenvalue weighted by Gasteiger charge is 2.12. The average molecular weight is 197 g/mol. The zero-order valence-electron chi connectivity index (χ0n) is 8.65. The molecule has 1 rings (SSSR count). The van der Waals surface area contributed by atoms with E-state index in [1.54, 1.807) is 33.5 Å². The number of hydrogen-bond acceptors (Lipinski definition) is 4. The molecule has 78 valence electrons. The van der Waals surface area contributed by atoms with Gasteiger partial charge in [-0.2, -0.15) is 0 Å². The fraction of sp³-hybridized carbons (Fsp3) is 0.500. The molecule has 1 aromatic rings. The molecular weight excluding hydrogens is 182 g/mol. The Labute approximate surface area is 83.5 Å². The Morgan fingerprint density at radius 2 is 1.79 bits per heavy atom. The van der Waals surface area contributed by atoms with E-state index in [4.69, 9.17) is 9.47 Å². The van der Waals surface area contributed by atoms with Gasteiger partial charge in [-0.05, 0) is 6.92 Å². The van der Waals surface area contributed by atoms with Crippen LogP contribution in [0.4, 0.5) is 0 Å². The molecule has 1 aromatic heterocycles. The molecular formula is C10H15NO3. The van der Waals surface area contributed by atoms with Crippen molar-refractivity contribution in [3.05, 3.63) is 18.0 Å². The minimum atomic E-state index is -0.430. The first kappa shape index (κ1) is 10.8. The van der Waals surface area contributed by atoms with Crippen LogP contribution in [0.5, 0.6) is 11.5 Å². The first-order valence-electron chi connectivity index (χ1n) is 4.42. The topological polar surface area (TPSA) is 51.6 Å². The predicted molar refractivity (Wildman–Crippen MR) is 52.7 cm³/mol. The molecule has 0 saturated heterocycles. The number of aliphatic hydroxyl groups is 1. The van der Waals surface area contributed by atoms with Gasteiger partial charge in [0.2, 0.25) is 0 Å². The Kier molecular flexibility index (Phi) is 3.71. The van der Waals surface area contributed by atoms with E-state index in [2.05, 4.69) is 4.98 Å². The lowest BCUT2D eigenvalue weighted by Gasteiger charge is -2.13. The zero-order valence-corrected chi connectivity index (χ0v) is 8.65. The van der Waals surface area contributed by atoms with Gasteiger partial charge in [0.15, 0.2) is 0 Å². The number of methoxy groups -OCH3 is 2. The molecule has 1 heterocycles. The van der Waals surface area contributed by atoms with E-state index in [1.165, 1.54) is 0 Å². The Hall–Kier alpha value is -1.29. The van der Waals surface area contributed by atoms with Crippen molar-refractivity contribution in [3.63, 3.8) is 0 Å². The average Bonchev–Trinajstić information content (AvgIpc) is 2.17. The second-order valence-corrected chi connectivity index (χ2v) is 3.08. The van der Waals surface area contributed by atoms with Crippen LogP contribution in [0.25, 0.3) is 0 Å². The van der Waals surface area contributed by atoms with Gasteiger partial charge in [-0.1, -0.05) is 0 Å². The van der Waals surface area contributed by atoms with Crippen LogP contribution in [0.3, 0.4) is 0 Å². The summed E-state index contributed by atoms with van der Waals surface area (Å²) in [6, 6.07) is 0. The third kappa shape index (κ3) is 2.35. The summed E-state index contributed by atoms with van der Waals surface area (Å²) in [6.45, 7) is 1.72. The lowest BCUT2D eigenvalue weighted by atomic mass is 10.1. The van der Waals surface area contributed by atoms with E-state index in [9.17, 15) is 5.11 Å². The summed E-state index contributed by atoms with van der Waals surface area (Å²) in [5.74, 6) is 1.29. The van der Waals surface area contributed by atoms with Gasteiger partial charge in [0.1, 0.15) is 11.5 Å². The monoisotopic (exact) mass is 197 g/mol. The maximum atomic E-state index is 9.31. The van der Waals surface area contributed by atoms with Gasteiger partial charge >= 0.3 is 0 Å². The standard InChI is InChI=1S/C10H15NO3/c1-7(12)4-8-9(13-2)5-11-6-10(8)14-3/h5-7,12H,4H2,1-3H3/t7-/m1/s1. The molecule has 0 saturated carbocycles. The SMILES string of the molecule is COc1cncc(OC)c1C[C@@H](C)O. The number of aliphatic hydroxyl groups excluding tert-OH is 1. The second kappa shape index (κ2) is 4.81. The highest BCUT2D eigenvalue weighted by Crippen LogP contribution is 2.27. The largest absolute Gasteiger partial charge is 0.495 e. The lowest BCUT2D eigenvalue weighted by Crippen LogP contribution is -2.07. The molecule has 0 aliphatic carbocycles. The minimum absolute atomic E-state index is 0.430. The third-order valence-electron chi connectivity index (χ3n) is 1.92. The van der Waals surface area contributed by atoms with Crippen molar-refractivity contribution in [1.29, 1.82) is 0 Å². The number of rotatable bonds is 4. The first-order chi connectivity index (χ1) is 6.69. The molecule has 0 aliphatic heterocycles. The summed E-state index contributed by atoms with van der Waals surface area (Å²) in [5, 5.41) is 9.31. The van der Waals surface area contributed by atoms with Gasteiger partial charge in [-0.3, -0.25) is 4.98 Å². The highest BCUT2D eigenvalue weighted by atomic mass is 16.5. The van der Waals surface area contributed by atoms with Crippen LogP contribution < -0.4 is 9.47 Å². The fourth-order valence-electron chi connectivity index (χ4n) is 1.30. The van der Waals surface area contributed by atoms with Crippen molar-refractivity contribution in [2.45, 2.75) is 19.4 Å². The van der Waals surface area contributed by atoms with E-state index in [1.807, 2.05) is 0 Å². The van der Waals surface area contributed by atoms with Gasteiger partial charge < -0.3 is 14.6 Å². The number of hydrogen-bond donors (Lipinski definition) is 1. The Morgan fingerprint density at radius 1 is 1.29 bits per heavy atom. The molecule has 0 unspecified atom stereocenters. The van der Waals surface area contributed by atoms with Crippen LogP contribution in [0.15, 0.2) is 12.4 Å². The van der Waals surface area contributed by atoms with Gasteiger partial charge in [0, 0.05) is 12.0 Å². The predicted octanol–water partition coefficient (Wildman–Crippen LogP) is 1.02. The van der Waals surface area contributed by atoms with Crippen LogP contribution in [0, 0.1) is 0 Å². The zero-order chi connectivity index (χ0) is 10.6. The second-order valence-electron chi connectivity index (χ2n) is 3.08. The minimum Gasteiger partial charge on any atom is -0.495 e. The number of aromatic nitrogens is 1. The molecule has 1 N–H and O–H groups in total. The number of nitrogens with zero attached hydrogens (tertiary/aromatic N) is 1. The van der Waals surface area contributed by atoms with Crippen LogP contribution in [-0.4, -0.2) is 30.4 Å². The molecule has 4 nitrogen and oxygen atoms in total. The normalized spacial score (nSPS) is 12.3. The first-order valence-corrected chi connectivity index (χ1v) is 4.42. The summed E-state index contributed by atoms with van der Waals surface area (Å²) in [7, 11) is 3.14. The van der Waals surface area contributed by atoms with Crippen molar-refractivity contribution in [2.24, 2.45) is 0 Å². The van der Waals surface area contributed by atoms with E-state index in [-0.39, 0.29) is 0 Å². The van der Waals surface area contributed by atoms with Crippen molar-refractivity contribution in [1.82, 2.24) is 4.98 Å². The van der Waals surface area contributed by atoms with Crippen molar-refractivity contribution in [2.75, 3.05) is 14.2 Å². The molecule has 0 radical (unpaired) electrons. The molecule has 0 amide bonds. The summed E-state index contributed by atoms with van der Waals surface area (Å²) < 4.78 is 10.3. The summed E-state index contributed by atoms with van der Waals surface area (Å²) in [4.78, 5) is 3.96. The van der Waals surface area contributed by atoms with Crippen LogP contribution >= 0.6 is 0 Å². The Morgan fingerprint density at radius 3 is 2.14 bits per heavy atom. The van der Waals surface area contributed by atoms with Gasteiger partial charge in [-0.15, -0.1) is 0 Å². The molecule has 1 atom stereocenters. The van der Waals surface area contributed by atoms with Crippen molar-refractivity contribution in [3.8, 4) is 11.5 Å². The van der Waals surface area contributed by atoms with E-state index in [0.717, 1.165) is 5.56 Å². The molecule has 0 spiro atoms. The van der Waals surface area contributed by atoms with E-state index >= 15 is 0 Å². The van der Waals surface area contributed by atoms with E-state index < -0.39 is 6.10 Å². The number of pyridine rings is 1. The third-order valence-corrected chi connectivity index (χ3v) is 1.92. The van der Waals surface area contributed by atoms with Gasteiger partial charge in [0.25, 0.3) is 0 Å². The summed E-state index contributed by atoms with van der Waals surface area (Å²) >= 11 is 0. The summed E-state index contributed by atoms with van der Waals surface area (Å²) in [5.41, 5.74) is 0.847. The fourth-order valence-corrected chi connectivity index (χ4v) is 1.30. The van der Waals surface area contributed by atoms with Crippen LogP contribution in [-0.2, 0) is 6.42 Å².